The Morgan fingerprint density at radius 3 is 1.86 bits per heavy atom. The summed E-state index contributed by atoms with van der Waals surface area (Å²) >= 11 is 0. The lowest BCUT2D eigenvalue weighted by molar-refractivity contribution is -0.157. The second kappa shape index (κ2) is 10.5. The Bertz CT molecular complexity index is 1270. The highest BCUT2D eigenvalue weighted by molar-refractivity contribution is 5.95. The number of likely N-dealkylation sites (tertiary alicyclic amines) is 1. The summed E-state index contributed by atoms with van der Waals surface area (Å²) in [6.45, 7) is 0. The van der Waals surface area contributed by atoms with Gasteiger partial charge in [-0.25, -0.2) is 0 Å². The number of benzene rings is 4. The lowest BCUT2D eigenvalue weighted by Crippen LogP contribution is -2.66. The summed E-state index contributed by atoms with van der Waals surface area (Å²) in [5.41, 5.74) is 3.89. The van der Waals surface area contributed by atoms with Gasteiger partial charge in [-0.1, -0.05) is 103 Å². The Labute approximate surface area is 211 Å². The standard InChI is InChI=1S/C31H28N2O3/c1-36-26-19-17-25(18-20-26)30-28(32-27(34)21-22-11-5-2-6-12-22)31(35)33(30)29(23-13-7-3-8-14-23)24-15-9-4-10-16-24/h2-20,28-30H,21H2,1H3,(H,32,34)/t28-,30+/m0/s1. The van der Waals surface area contributed by atoms with E-state index in [-0.39, 0.29) is 30.3 Å². The normalized spacial score (nSPS) is 16.9. The minimum Gasteiger partial charge on any atom is -0.497 e. The SMILES string of the molecule is COc1ccc([C@@H]2[C@H](NC(=O)Cc3ccccc3)C(=O)N2C(c2ccccc2)c2ccccc2)cc1. The fraction of sp³-hybridized carbons (Fsp3) is 0.161. The summed E-state index contributed by atoms with van der Waals surface area (Å²) < 4.78 is 5.34. The van der Waals surface area contributed by atoms with Gasteiger partial charge in [-0.15, -0.1) is 0 Å². The molecule has 0 unspecified atom stereocenters. The molecule has 0 aliphatic carbocycles. The second-order valence-electron chi connectivity index (χ2n) is 8.89. The molecule has 4 aromatic carbocycles. The molecule has 1 heterocycles. The van der Waals surface area contributed by atoms with Crippen LogP contribution >= 0.6 is 0 Å². The zero-order chi connectivity index (χ0) is 24.9. The van der Waals surface area contributed by atoms with Gasteiger partial charge in [0.15, 0.2) is 0 Å². The highest BCUT2D eigenvalue weighted by Crippen LogP contribution is 2.44. The third-order valence-electron chi connectivity index (χ3n) is 6.63. The number of nitrogens with zero attached hydrogens (tertiary/aromatic N) is 1. The first kappa shape index (κ1) is 23.4. The van der Waals surface area contributed by atoms with Gasteiger partial charge in [0.05, 0.1) is 25.6 Å². The van der Waals surface area contributed by atoms with Crippen LogP contribution in [0.1, 0.15) is 34.3 Å². The van der Waals surface area contributed by atoms with Crippen LogP contribution in [0.4, 0.5) is 0 Å². The van der Waals surface area contributed by atoms with Gasteiger partial charge in [0.2, 0.25) is 11.8 Å². The maximum atomic E-state index is 13.7. The summed E-state index contributed by atoms with van der Waals surface area (Å²) in [4.78, 5) is 28.6. The van der Waals surface area contributed by atoms with Crippen LogP contribution in [0.25, 0.3) is 0 Å². The monoisotopic (exact) mass is 476 g/mol. The summed E-state index contributed by atoms with van der Waals surface area (Å²) in [6.07, 6.45) is 0.223. The molecular formula is C31H28N2O3. The molecule has 180 valence electrons. The Kier molecular flexibility index (Phi) is 6.80. The van der Waals surface area contributed by atoms with Gasteiger partial charge in [0.25, 0.3) is 0 Å². The first-order chi connectivity index (χ1) is 17.7. The smallest absolute Gasteiger partial charge is 0.249 e. The molecule has 0 bridgehead atoms. The van der Waals surface area contributed by atoms with Crippen LogP contribution in [0.3, 0.4) is 0 Å². The number of β-lactam (4-membered cyclic amide) rings is 1. The average molecular weight is 477 g/mol. The largest absolute Gasteiger partial charge is 0.497 e. The number of hydrogen-bond donors (Lipinski definition) is 1. The van der Waals surface area contributed by atoms with Crippen LogP contribution in [-0.2, 0) is 16.0 Å². The fourth-order valence-electron chi connectivity index (χ4n) is 4.88. The first-order valence-corrected chi connectivity index (χ1v) is 12.0. The summed E-state index contributed by atoms with van der Waals surface area (Å²) in [5, 5.41) is 3.02. The molecule has 4 aromatic rings. The predicted molar refractivity (Wildman–Crippen MR) is 139 cm³/mol. The molecule has 5 nitrogen and oxygen atoms in total. The van der Waals surface area contributed by atoms with Gasteiger partial charge in [-0.05, 0) is 34.4 Å². The molecule has 0 spiro atoms. The molecule has 5 rings (SSSR count). The van der Waals surface area contributed by atoms with Crippen molar-refractivity contribution in [2.45, 2.75) is 24.5 Å². The van der Waals surface area contributed by atoms with Crippen molar-refractivity contribution in [3.63, 3.8) is 0 Å². The molecule has 1 aliphatic rings. The average Bonchev–Trinajstić information content (AvgIpc) is 2.94. The van der Waals surface area contributed by atoms with Crippen LogP contribution in [-0.4, -0.2) is 29.9 Å². The molecule has 0 radical (unpaired) electrons. The summed E-state index contributed by atoms with van der Waals surface area (Å²) in [5.74, 6) is 0.465. The minimum atomic E-state index is -0.649. The molecule has 2 atom stereocenters. The van der Waals surface area contributed by atoms with E-state index in [1.165, 1.54) is 0 Å². The van der Waals surface area contributed by atoms with E-state index in [2.05, 4.69) is 5.32 Å². The van der Waals surface area contributed by atoms with Crippen LogP contribution in [0.5, 0.6) is 5.75 Å². The van der Waals surface area contributed by atoms with Crippen LogP contribution in [0, 0.1) is 0 Å². The van der Waals surface area contributed by atoms with Gasteiger partial charge < -0.3 is 15.0 Å². The number of amides is 2. The topological polar surface area (TPSA) is 58.6 Å². The summed E-state index contributed by atoms with van der Waals surface area (Å²) in [7, 11) is 1.63. The van der Waals surface area contributed by atoms with E-state index >= 15 is 0 Å². The number of hydrogen-bond acceptors (Lipinski definition) is 3. The van der Waals surface area contributed by atoms with Crippen LogP contribution in [0.2, 0.25) is 0 Å². The Morgan fingerprint density at radius 1 is 0.806 bits per heavy atom. The molecule has 2 amide bonds. The van der Waals surface area contributed by atoms with Crippen molar-refractivity contribution < 1.29 is 14.3 Å². The van der Waals surface area contributed by atoms with Crippen molar-refractivity contribution in [2.24, 2.45) is 0 Å². The van der Waals surface area contributed by atoms with Gasteiger partial charge in [-0.2, -0.15) is 0 Å². The Balaban J connectivity index is 1.50. The number of carbonyl (C=O) groups excluding carboxylic acids is 2. The van der Waals surface area contributed by atoms with Gasteiger partial charge in [0.1, 0.15) is 11.8 Å². The zero-order valence-electron chi connectivity index (χ0n) is 20.1. The van der Waals surface area contributed by atoms with E-state index in [4.69, 9.17) is 4.74 Å². The van der Waals surface area contributed by atoms with Crippen molar-refractivity contribution in [3.8, 4) is 5.75 Å². The van der Waals surface area contributed by atoms with Crippen molar-refractivity contribution in [1.29, 1.82) is 0 Å². The number of carbonyl (C=O) groups is 2. The second-order valence-corrected chi connectivity index (χ2v) is 8.89. The van der Waals surface area contributed by atoms with E-state index in [0.29, 0.717) is 0 Å². The minimum absolute atomic E-state index is 0.102. The predicted octanol–water partition coefficient (Wildman–Crippen LogP) is 5.10. The van der Waals surface area contributed by atoms with Crippen LogP contribution < -0.4 is 10.1 Å². The molecule has 36 heavy (non-hydrogen) atoms. The Morgan fingerprint density at radius 2 is 1.33 bits per heavy atom. The molecule has 0 aromatic heterocycles. The summed E-state index contributed by atoms with van der Waals surface area (Å²) in [6, 6.07) is 36.0. The number of nitrogens with one attached hydrogen (secondary N) is 1. The van der Waals surface area contributed by atoms with Crippen molar-refractivity contribution in [2.75, 3.05) is 7.11 Å². The maximum Gasteiger partial charge on any atom is 0.249 e. The molecule has 1 saturated heterocycles. The number of rotatable bonds is 8. The first-order valence-electron chi connectivity index (χ1n) is 12.0. The molecule has 5 heteroatoms. The van der Waals surface area contributed by atoms with E-state index in [1.807, 2.05) is 120 Å². The quantitative estimate of drug-likeness (QED) is 0.360. The highest BCUT2D eigenvalue weighted by Gasteiger charge is 2.52. The van der Waals surface area contributed by atoms with E-state index < -0.39 is 6.04 Å². The Hall–Kier alpha value is -4.38. The molecule has 1 aliphatic heterocycles. The van der Waals surface area contributed by atoms with Crippen molar-refractivity contribution in [3.05, 3.63) is 138 Å². The number of methoxy groups -OCH3 is 1. The third kappa shape index (κ3) is 4.73. The van der Waals surface area contributed by atoms with E-state index in [1.54, 1.807) is 7.11 Å². The lowest BCUT2D eigenvalue weighted by atomic mass is 9.83. The maximum absolute atomic E-state index is 13.7. The van der Waals surface area contributed by atoms with E-state index in [9.17, 15) is 9.59 Å². The molecule has 1 N–H and O–H groups in total. The zero-order valence-corrected chi connectivity index (χ0v) is 20.1. The van der Waals surface area contributed by atoms with Gasteiger partial charge >= 0.3 is 0 Å². The lowest BCUT2D eigenvalue weighted by Gasteiger charge is -2.51. The van der Waals surface area contributed by atoms with Crippen molar-refractivity contribution >= 4 is 11.8 Å². The van der Waals surface area contributed by atoms with Crippen molar-refractivity contribution in [1.82, 2.24) is 10.2 Å². The highest BCUT2D eigenvalue weighted by atomic mass is 16.5. The van der Waals surface area contributed by atoms with Crippen LogP contribution in [0.15, 0.2) is 115 Å². The third-order valence-corrected chi connectivity index (χ3v) is 6.63. The van der Waals surface area contributed by atoms with Gasteiger partial charge in [-0.3, -0.25) is 9.59 Å². The molecule has 1 fully saturated rings. The van der Waals surface area contributed by atoms with Gasteiger partial charge in [0, 0.05) is 0 Å². The molecule has 0 saturated carbocycles. The molecular weight excluding hydrogens is 448 g/mol. The number of ether oxygens (including phenoxy) is 1. The van der Waals surface area contributed by atoms with E-state index in [0.717, 1.165) is 28.0 Å². The fourth-order valence-corrected chi connectivity index (χ4v) is 4.88.